The fraction of sp³-hybridized carbons (Fsp3) is 0.273. The Bertz CT molecular complexity index is 350. The first kappa shape index (κ1) is 12.0. The van der Waals surface area contributed by atoms with Gasteiger partial charge in [-0.1, -0.05) is 25.1 Å². The Balaban J connectivity index is 2.33. The van der Waals surface area contributed by atoms with Gasteiger partial charge in [0.15, 0.2) is 0 Å². The molecule has 0 spiro atoms. The Labute approximate surface area is 93.3 Å². The Morgan fingerprint density at radius 3 is 2.56 bits per heavy atom. The number of amides is 1. The predicted octanol–water partition coefficient (Wildman–Crippen LogP) is 1.89. The van der Waals surface area contributed by atoms with E-state index in [0.29, 0.717) is 12.0 Å². The SMILES string of the molecule is CCCOC(=O)NOC(=O)c1ccccc1. The molecule has 0 aromatic heterocycles. The van der Waals surface area contributed by atoms with Gasteiger partial charge in [0.2, 0.25) is 0 Å². The van der Waals surface area contributed by atoms with Gasteiger partial charge in [-0.15, -0.1) is 5.48 Å². The molecule has 16 heavy (non-hydrogen) atoms. The maximum atomic E-state index is 11.3. The van der Waals surface area contributed by atoms with E-state index in [-0.39, 0.29) is 6.61 Å². The molecule has 86 valence electrons. The summed E-state index contributed by atoms with van der Waals surface area (Å²) >= 11 is 0. The molecule has 1 aromatic carbocycles. The summed E-state index contributed by atoms with van der Waals surface area (Å²) in [5.74, 6) is -0.631. The monoisotopic (exact) mass is 223 g/mol. The van der Waals surface area contributed by atoms with Gasteiger partial charge in [-0.05, 0) is 18.6 Å². The highest BCUT2D eigenvalue weighted by atomic mass is 16.7. The zero-order chi connectivity index (χ0) is 11.8. The fourth-order valence-corrected chi connectivity index (χ4v) is 0.945. The summed E-state index contributed by atoms with van der Waals surface area (Å²) in [6.07, 6.45) is -0.0637. The third kappa shape index (κ3) is 4.00. The van der Waals surface area contributed by atoms with Gasteiger partial charge in [-0.2, -0.15) is 0 Å². The fourth-order valence-electron chi connectivity index (χ4n) is 0.945. The molecule has 1 amide bonds. The molecular weight excluding hydrogens is 210 g/mol. The van der Waals surface area contributed by atoms with Gasteiger partial charge in [0.05, 0.1) is 12.2 Å². The van der Waals surface area contributed by atoms with Crippen molar-refractivity contribution in [1.29, 1.82) is 0 Å². The van der Waals surface area contributed by atoms with Crippen LogP contribution in [0.1, 0.15) is 23.7 Å². The molecule has 0 radical (unpaired) electrons. The molecule has 0 heterocycles. The largest absolute Gasteiger partial charge is 0.447 e. The predicted molar refractivity (Wildman–Crippen MR) is 56.6 cm³/mol. The zero-order valence-corrected chi connectivity index (χ0v) is 8.93. The highest BCUT2D eigenvalue weighted by molar-refractivity contribution is 5.89. The number of ether oxygens (including phenoxy) is 1. The summed E-state index contributed by atoms with van der Waals surface area (Å²) in [5.41, 5.74) is 2.26. The van der Waals surface area contributed by atoms with Crippen LogP contribution in [0, 0.1) is 0 Å². The minimum atomic E-state index is -0.772. The van der Waals surface area contributed by atoms with Crippen molar-refractivity contribution < 1.29 is 19.2 Å². The molecule has 0 fully saturated rings. The summed E-state index contributed by atoms with van der Waals surface area (Å²) in [7, 11) is 0. The van der Waals surface area contributed by atoms with Gasteiger partial charge >= 0.3 is 12.1 Å². The van der Waals surface area contributed by atoms with E-state index in [4.69, 9.17) is 0 Å². The number of nitrogens with one attached hydrogen (secondary N) is 1. The summed E-state index contributed by atoms with van der Waals surface area (Å²) in [5, 5.41) is 0. The molecule has 0 atom stereocenters. The smallest absolute Gasteiger partial charge is 0.440 e. The van der Waals surface area contributed by atoms with Gasteiger partial charge in [0, 0.05) is 0 Å². The lowest BCUT2D eigenvalue weighted by Gasteiger charge is -2.05. The third-order valence-electron chi connectivity index (χ3n) is 1.67. The van der Waals surface area contributed by atoms with E-state index >= 15 is 0 Å². The van der Waals surface area contributed by atoms with Crippen LogP contribution in [0.4, 0.5) is 4.79 Å². The molecule has 1 aromatic rings. The highest BCUT2D eigenvalue weighted by Crippen LogP contribution is 1.99. The van der Waals surface area contributed by atoms with Gasteiger partial charge < -0.3 is 9.57 Å². The molecule has 1 rings (SSSR count). The number of benzene rings is 1. The van der Waals surface area contributed by atoms with E-state index in [1.807, 2.05) is 12.4 Å². The van der Waals surface area contributed by atoms with Crippen LogP contribution in [-0.4, -0.2) is 18.7 Å². The first-order valence-electron chi connectivity index (χ1n) is 4.93. The number of carbonyl (C=O) groups excluding carboxylic acids is 2. The Kier molecular flexibility index (Phi) is 4.85. The van der Waals surface area contributed by atoms with Crippen LogP contribution in [0.5, 0.6) is 0 Å². The number of hydrogen-bond donors (Lipinski definition) is 1. The maximum Gasteiger partial charge on any atom is 0.440 e. The van der Waals surface area contributed by atoms with Crippen molar-refractivity contribution in [2.45, 2.75) is 13.3 Å². The maximum absolute atomic E-state index is 11.3. The van der Waals surface area contributed by atoms with Crippen molar-refractivity contribution in [3.63, 3.8) is 0 Å². The zero-order valence-electron chi connectivity index (χ0n) is 8.93. The second-order valence-corrected chi connectivity index (χ2v) is 2.99. The Morgan fingerprint density at radius 1 is 1.25 bits per heavy atom. The molecule has 0 aliphatic heterocycles. The van der Waals surface area contributed by atoms with Gasteiger partial charge in [0.1, 0.15) is 0 Å². The summed E-state index contributed by atoms with van der Waals surface area (Å²) in [6.45, 7) is 2.15. The first-order chi connectivity index (χ1) is 7.74. The standard InChI is InChI=1S/C11H13NO4/c1-2-8-15-11(14)12-16-10(13)9-6-4-3-5-7-9/h3-7H,2,8H2,1H3,(H,12,14). The van der Waals surface area contributed by atoms with Crippen LogP contribution in [0.2, 0.25) is 0 Å². The summed E-state index contributed by atoms with van der Waals surface area (Å²) in [6, 6.07) is 8.35. The normalized spacial score (nSPS) is 9.31. The van der Waals surface area contributed by atoms with E-state index in [1.165, 1.54) is 0 Å². The lowest BCUT2D eigenvalue weighted by atomic mass is 10.2. The Hall–Kier alpha value is -2.04. The summed E-state index contributed by atoms with van der Waals surface area (Å²) < 4.78 is 4.65. The molecule has 5 nitrogen and oxygen atoms in total. The third-order valence-corrected chi connectivity index (χ3v) is 1.67. The lowest BCUT2D eigenvalue weighted by molar-refractivity contribution is 0.0208. The molecular formula is C11H13NO4. The molecule has 0 saturated carbocycles. The van der Waals surface area contributed by atoms with Crippen molar-refractivity contribution in [3.05, 3.63) is 35.9 Å². The molecule has 5 heteroatoms. The average molecular weight is 223 g/mol. The highest BCUT2D eigenvalue weighted by Gasteiger charge is 2.08. The van der Waals surface area contributed by atoms with Crippen molar-refractivity contribution in [1.82, 2.24) is 5.48 Å². The van der Waals surface area contributed by atoms with Gasteiger partial charge in [0.25, 0.3) is 0 Å². The number of hydrogen-bond acceptors (Lipinski definition) is 4. The molecule has 0 unspecified atom stereocenters. The number of carbonyl (C=O) groups is 2. The topological polar surface area (TPSA) is 64.6 Å². The van der Waals surface area contributed by atoms with Crippen molar-refractivity contribution >= 4 is 12.1 Å². The molecule has 0 saturated heterocycles. The van der Waals surface area contributed by atoms with E-state index in [1.54, 1.807) is 30.3 Å². The minimum Gasteiger partial charge on any atom is -0.447 e. The van der Waals surface area contributed by atoms with E-state index in [9.17, 15) is 9.59 Å². The van der Waals surface area contributed by atoms with Crippen LogP contribution >= 0.6 is 0 Å². The summed E-state index contributed by atoms with van der Waals surface area (Å²) in [4.78, 5) is 26.8. The van der Waals surface area contributed by atoms with Crippen LogP contribution in [0.3, 0.4) is 0 Å². The van der Waals surface area contributed by atoms with Crippen molar-refractivity contribution in [3.8, 4) is 0 Å². The minimum absolute atomic E-state index is 0.286. The van der Waals surface area contributed by atoms with Crippen LogP contribution in [-0.2, 0) is 9.57 Å². The molecule has 0 aliphatic rings. The van der Waals surface area contributed by atoms with E-state index in [0.717, 1.165) is 0 Å². The van der Waals surface area contributed by atoms with Crippen LogP contribution < -0.4 is 5.48 Å². The van der Waals surface area contributed by atoms with E-state index in [2.05, 4.69) is 9.57 Å². The van der Waals surface area contributed by atoms with Crippen LogP contribution in [0.15, 0.2) is 30.3 Å². The molecule has 0 aliphatic carbocycles. The van der Waals surface area contributed by atoms with Crippen molar-refractivity contribution in [2.24, 2.45) is 0 Å². The average Bonchev–Trinajstić information content (AvgIpc) is 2.34. The lowest BCUT2D eigenvalue weighted by Crippen LogP contribution is -2.27. The number of hydroxylamine groups is 1. The first-order valence-corrected chi connectivity index (χ1v) is 4.93. The molecule has 0 bridgehead atoms. The Morgan fingerprint density at radius 2 is 1.94 bits per heavy atom. The number of rotatable bonds is 3. The second-order valence-electron chi connectivity index (χ2n) is 2.99. The van der Waals surface area contributed by atoms with Gasteiger partial charge in [-0.3, -0.25) is 0 Å². The molecule has 1 N–H and O–H groups in total. The van der Waals surface area contributed by atoms with Crippen LogP contribution in [0.25, 0.3) is 0 Å². The quantitative estimate of drug-likeness (QED) is 0.795. The van der Waals surface area contributed by atoms with Gasteiger partial charge in [-0.25, -0.2) is 9.59 Å². The van der Waals surface area contributed by atoms with E-state index < -0.39 is 12.1 Å². The van der Waals surface area contributed by atoms with Crippen molar-refractivity contribution in [2.75, 3.05) is 6.61 Å². The second kappa shape index (κ2) is 6.44.